The van der Waals surface area contributed by atoms with E-state index in [9.17, 15) is 0 Å². The molecule has 6 N–H and O–H groups in total. The van der Waals surface area contributed by atoms with E-state index in [-0.39, 0.29) is 0 Å². The normalized spacial score (nSPS) is 10.8. The molecule has 4 nitrogen and oxygen atoms in total. The van der Waals surface area contributed by atoms with Crippen LogP contribution in [0.5, 0.6) is 0 Å². The summed E-state index contributed by atoms with van der Waals surface area (Å²) in [6.45, 7) is 0. The first-order valence-electron chi connectivity index (χ1n) is 10.5. The lowest BCUT2D eigenvalue weighted by Gasteiger charge is -2.21. The minimum atomic E-state index is 0.663. The Kier molecular flexibility index (Phi) is 5.10. The van der Waals surface area contributed by atoms with Crippen LogP contribution in [0.4, 0.5) is 34.1 Å². The number of para-hydroxylation sites is 1. The molecule has 0 bridgehead atoms. The van der Waals surface area contributed by atoms with Gasteiger partial charge in [-0.1, -0.05) is 72.8 Å². The number of hydrogen-bond acceptors (Lipinski definition) is 4. The van der Waals surface area contributed by atoms with Crippen LogP contribution < -0.4 is 22.1 Å². The summed E-state index contributed by atoms with van der Waals surface area (Å²) in [7, 11) is 0. The number of rotatable bonds is 5. The zero-order valence-electron chi connectivity index (χ0n) is 17.5. The summed E-state index contributed by atoms with van der Waals surface area (Å²) >= 11 is 0. The van der Waals surface area contributed by atoms with Crippen LogP contribution in [-0.4, -0.2) is 0 Å². The van der Waals surface area contributed by atoms with Crippen LogP contribution in [0.2, 0.25) is 0 Å². The molecule has 0 heterocycles. The molecular formula is C28H24N4. The van der Waals surface area contributed by atoms with Crippen LogP contribution >= 0.6 is 0 Å². The number of anilines is 6. The number of nitrogen functional groups attached to an aromatic ring is 2. The predicted octanol–water partition coefficient (Wildman–Crippen LogP) is 7.16. The second kappa shape index (κ2) is 8.36. The van der Waals surface area contributed by atoms with E-state index in [1.54, 1.807) is 0 Å². The van der Waals surface area contributed by atoms with Gasteiger partial charge in [0.1, 0.15) is 0 Å². The van der Waals surface area contributed by atoms with Crippen molar-refractivity contribution in [3.05, 3.63) is 109 Å². The van der Waals surface area contributed by atoms with E-state index < -0.39 is 0 Å². The van der Waals surface area contributed by atoms with Crippen molar-refractivity contribution in [1.29, 1.82) is 0 Å². The number of fused-ring (bicyclic) bond motifs is 1. The first kappa shape index (κ1) is 19.5. The summed E-state index contributed by atoms with van der Waals surface area (Å²) in [4.78, 5) is 0. The molecular weight excluding hydrogens is 392 g/mol. The van der Waals surface area contributed by atoms with Crippen LogP contribution in [0, 0.1) is 0 Å². The Morgan fingerprint density at radius 2 is 1.25 bits per heavy atom. The molecule has 0 amide bonds. The van der Waals surface area contributed by atoms with Crippen LogP contribution in [0.25, 0.3) is 21.9 Å². The third kappa shape index (κ3) is 3.82. The van der Waals surface area contributed by atoms with Gasteiger partial charge in [-0.25, -0.2) is 0 Å². The molecule has 0 fully saturated rings. The van der Waals surface area contributed by atoms with Crippen molar-refractivity contribution < 1.29 is 0 Å². The predicted molar refractivity (Wildman–Crippen MR) is 138 cm³/mol. The van der Waals surface area contributed by atoms with Gasteiger partial charge >= 0.3 is 0 Å². The fourth-order valence-corrected chi connectivity index (χ4v) is 3.92. The fraction of sp³-hybridized carbons (Fsp3) is 0. The Morgan fingerprint density at radius 3 is 2.06 bits per heavy atom. The summed E-state index contributed by atoms with van der Waals surface area (Å²) in [6.07, 6.45) is 0. The first-order chi connectivity index (χ1) is 15.7. The molecule has 5 aromatic rings. The maximum Gasteiger partial charge on any atom is 0.0863 e. The van der Waals surface area contributed by atoms with Crippen LogP contribution in [0.15, 0.2) is 109 Å². The number of nitrogens with two attached hydrogens (primary N) is 2. The van der Waals surface area contributed by atoms with Gasteiger partial charge in [-0.05, 0) is 47.3 Å². The first-order valence-corrected chi connectivity index (χ1v) is 10.5. The Morgan fingerprint density at radius 1 is 0.531 bits per heavy atom. The molecule has 0 spiro atoms. The second-order valence-electron chi connectivity index (χ2n) is 7.72. The topological polar surface area (TPSA) is 76.1 Å². The van der Waals surface area contributed by atoms with Crippen LogP contribution in [0.1, 0.15) is 0 Å². The zero-order chi connectivity index (χ0) is 21.9. The summed E-state index contributed by atoms with van der Waals surface area (Å²) in [5, 5.41) is 9.52. The van der Waals surface area contributed by atoms with Crippen molar-refractivity contribution in [2.45, 2.75) is 0 Å². The molecule has 0 aliphatic heterocycles. The third-order valence-corrected chi connectivity index (χ3v) is 5.55. The SMILES string of the molecule is Nc1ccc(-c2ccc(N)c(Nc3ccccc3)c2Nc2cccc3ccccc23)cc1. The van der Waals surface area contributed by atoms with Crippen molar-refractivity contribution >= 4 is 44.9 Å². The monoisotopic (exact) mass is 416 g/mol. The lowest BCUT2D eigenvalue weighted by atomic mass is 10.00. The van der Waals surface area contributed by atoms with Crippen LogP contribution in [0.3, 0.4) is 0 Å². The van der Waals surface area contributed by atoms with Gasteiger partial charge in [-0.2, -0.15) is 0 Å². The Bertz CT molecular complexity index is 1370. The van der Waals surface area contributed by atoms with Gasteiger partial charge < -0.3 is 22.1 Å². The van der Waals surface area contributed by atoms with Gasteiger partial charge in [0.2, 0.25) is 0 Å². The van der Waals surface area contributed by atoms with E-state index in [0.29, 0.717) is 5.69 Å². The summed E-state index contributed by atoms with van der Waals surface area (Å²) in [5.41, 5.74) is 19.6. The Hall–Kier alpha value is -4.44. The quantitative estimate of drug-likeness (QED) is 0.229. The molecule has 0 saturated heterocycles. The second-order valence-corrected chi connectivity index (χ2v) is 7.72. The maximum absolute atomic E-state index is 6.48. The highest BCUT2D eigenvalue weighted by Gasteiger charge is 2.15. The minimum Gasteiger partial charge on any atom is -0.399 e. The van der Waals surface area contributed by atoms with Gasteiger partial charge in [-0.15, -0.1) is 0 Å². The van der Waals surface area contributed by atoms with Crippen molar-refractivity contribution in [1.82, 2.24) is 0 Å². The fourth-order valence-electron chi connectivity index (χ4n) is 3.92. The Balaban J connectivity index is 1.70. The highest BCUT2D eigenvalue weighted by Crippen LogP contribution is 2.42. The summed E-state index contributed by atoms with van der Waals surface area (Å²) < 4.78 is 0. The highest BCUT2D eigenvalue weighted by molar-refractivity contribution is 6.02. The van der Waals surface area contributed by atoms with Gasteiger partial charge in [0.05, 0.1) is 17.1 Å². The van der Waals surface area contributed by atoms with Crippen molar-refractivity contribution in [3.8, 4) is 11.1 Å². The van der Waals surface area contributed by atoms with Gasteiger partial charge in [0, 0.05) is 28.0 Å². The molecule has 0 unspecified atom stereocenters. The number of benzene rings is 5. The number of nitrogens with one attached hydrogen (secondary N) is 2. The van der Waals surface area contributed by atoms with Crippen molar-refractivity contribution in [2.75, 3.05) is 22.1 Å². The van der Waals surface area contributed by atoms with Crippen molar-refractivity contribution in [2.24, 2.45) is 0 Å². The molecule has 0 aliphatic rings. The molecule has 4 heteroatoms. The third-order valence-electron chi connectivity index (χ3n) is 5.55. The molecule has 0 atom stereocenters. The molecule has 156 valence electrons. The molecule has 5 rings (SSSR count). The van der Waals surface area contributed by atoms with Gasteiger partial charge in [-0.3, -0.25) is 0 Å². The molecule has 5 aromatic carbocycles. The van der Waals surface area contributed by atoms with Gasteiger partial charge in [0.25, 0.3) is 0 Å². The highest BCUT2D eigenvalue weighted by atomic mass is 15.0. The molecule has 0 saturated carbocycles. The maximum atomic E-state index is 6.48. The summed E-state index contributed by atoms with van der Waals surface area (Å²) in [6, 6.07) is 36.5. The van der Waals surface area contributed by atoms with Gasteiger partial charge in [0.15, 0.2) is 0 Å². The van der Waals surface area contributed by atoms with E-state index in [2.05, 4.69) is 53.1 Å². The number of hydrogen-bond donors (Lipinski definition) is 4. The van der Waals surface area contributed by atoms with Crippen molar-refractivity contribution in [3.63, 3.8) is 0 Å². The molecule has 32 heavy (non-hydrogen) atoms. The zero-order valence-corrected chi connectivity index (χ0v) is 17.5. The average Bonchev–Trinajstić information content (AvgIpc) is 2.83. The standard InChI is InChI=1S/C28H24N4/c29-21-15-13-20(14-16-21)24-17-18-25(30)28(31-22-9-2-1-3-10-22)27(24)32-26-12-6-8-19-7-4-5-11-23(19)26/h1-18,31-32H,29-30H2. The molecule has 0 aliphatic carbocycles. The largest absolute Gasteiger partial charge is 0.399 e. The summed E-state index contributed by atoms with van der Waals surface area (Å²) in [5.74, 6) is 0. The van der Waals surface area contributed by atoms with E-state index in [0.717, 1.165) is 45.0 Å². The molecule has 0 aromatic heterocycles. The molecule has 0 radical (unpaired) electrons. The minimum absolute atomic E-state index is 0.663. The van der Waals surface area contributed by atoms with Crippen LogP contribution in [-0.2, 0) is 0 Å². The van der Waals surface area contributed by atoms with E-state index in [4.69, 9.17) is 11.5 Å². The average molecular weight is 417 g/mol. The smallest absolute Gasteiger partial charge is 0.0863 e. The lowest BCUT2D eigenvalue weighted by Crippen LogP contribution is -2.04. The Labute approximate surface area is 187 Å². The van der Waals surface area contributed by atoms with E-state index in [1.807, 2.05) is 66.7 Å². The van der Waals surface area contributed by atoms with E-state index >= 15 is 0 Å². The van der Waals surface area contributed by atoms with E-state index in [1.165, 1.54) is 5.39 Å². The lowest BCUT2D eigenvalue weighted by molar-refractivity contribution is 1.50.